The van der Waals surface area contributed by atoms with E-state index in [-0.39, 0.29) is 36.3 Å². The fourth-order valence-electron chi connectivity index (χ4n) is 2.79. The molecule has 0 bridgehead atoms. The molecular formula is C12H16ClN5O2. The van der Waals surface area contributed by atoms with E-state index in [0.717, 1.165) is 0 Å². The van der Waals surface area contributed by atoms with Crippen molar-refractivity contribution in [3.8, 4) is 0 Å². The Labute approximate surface area is 120 Å². The zero-order valence-electron chi connectivity index (χ0n) is 11.0. The van der Waals surface area contributed by atoms with Crippen LogP contribution in [0, 0.1) is 17.8 Å². The van der Waals surface area contributed by atoms with E-state index in [9.17, 15) is 10.2 Å². The van der Waals surface area contributed by atoms with E-state index < -0.39 is 0 Å². The molecule has 0 aliphatic heterocycles. The summed E-state index contributed by atoms with van der Waals surface area (Å²) in [6.07, 6.45) is 1.69. The minimum Gasteiger partial charge on any atom is -0.396 e. The smallest absolute Gasteiger partial charge is 0.226 e. The van der Waals surface area contributed by atoms with Gasteiger partial charge in [-0.15, -0.1) is 0 Å². The van der Waals surface area contributed by atoms with Gasteiger partial charge >= 0.3 is 0 Å². The van der Waals surface area contributed by atoms with Crippen molar-refractivity contribution in [2.45, 2.75) is 6.54 Å². The highest BCUT2D eigenvalue weighted by Gasteiger charge is 2.49. The lowest BCUT2D eigenvalue weighted by molar-refractivity contribution is 0.232. The number of aliphatic hydroxyl groups excluding tert-OH is 2. The molecule has 2 aromatic rings. The van der Waals surface area contributed by atoms with Crippen molar-refractivity contribution in [3.05, 3.63) is 11.6 Å². The summed E-state index contributed by atoms with van der Waals surface area (Å²) in [7, 11) is 1.75. The number of anilines is 1. The Morgan fingerprint density at radius 3 is 2.55 bits per heavy atom. The van der Waals surface area contributed by atoms with Crippen LogP contribution in [0.25, 0.3) is 11.2 Å². The highest BCUT2D eigenvalue weighted by molar-refractivity contribution is 6.28. The van der Waals surface area contributed by atoms with Crippen molar-refractivity contribution >= 4 is 28.6 Å². The number of imidazole rings is 1. The molecule has 8 heteroatoms. The van der Waals surface area contributed by atoms with E-state index in [1.807, 2.05) is 4.57 Å². The predicted molar refractivity (Wildman–Crippen MR) is 74.5 cm³/mol. The Bertz CT molecular complexity index is 622. The molecule has 2 heterocycles. The van der Waals surface area contributed by atoms with Crippen molar-refractivity contribution < 1.29 is 10.2 Å². The van der Waals surface area contributed by atoms with Gasteiger partial charge in [0, 0.05) is 26.8 Å². The number of nitrogens with zero attached hydrogens (tertiary/aromatic N) is 4. The number of nitrogens with one attached hydrogen (secondary N) is 1. The average Bonchev–Trinajstić information content (AvgIpc) is 2.99. The number of rotatable bonds is 5. The van der Waals surface area contributed by atoms with Crippen LogP contribution in [0.5, 0.6) is 0 Å². The Morgan fingerprint density at radius 1 is 1.25 bits per heavy atom. The molecule has 0 radical (unpaired) electrons. The number of aromatic nitrogens is 4. The molecule has 108 valence electrons. The van der Waals surface area contributed by atoms with Crippen molar-refractivity contribution in [3.63, 3.8) is 0 Å². The largest absolute Gasteiger partial charge is 0.396 e. The fourth-order valence-corrected chi connectivity index (χ4v) is 2.95. The number of hydrogen-bond donors (Lipinski definition) is 3. The van der Waals surface area contributed by atoms with Crippen molar-refractivity contribution in [2.24, 2.45) is 17.8 Å². The minimum absolute atomic E-state index is 0.0973. The maximum atomic E-state index is 9.25. The van der Waals surface area contributed by atoms with E-state index in [1.54, 1.807) is 13.4 Å². The van der Waals surface area contributed by atoms with E-state index >= 15 is 0 Å². The summed E-state index contributed by atoms with van der Waals surface area (Å²) < 4.78 is 1.90. The number of hydrogen-bond acceptors (Lipinski definition) is 6. The van der Waals surface area contributed by atoms with Gasteiger partial charge in [0.15, 0.2) is 17.0 Å². The molecule has 1 aliphatic carbocycles. The Morgan fingerprint density at radius 2 is 1.95 bits per heavy atom. The van der Waals surface area contributed by atoms with Crippen LogP contribution in [0.2, 0.25) is 5.28 Å². The van der Waals surface area contributed by atoms with Crippen LogP contribution in [0.4, 0.5) is 5.82 Å². The minimum atomic E-state index is 0.0973. The lowest BCUT2D eigenvalue weighted by atomic mass is 10.3. The summed E-state index contributed by atoms with van der Waals surface area (Å²) in [6, 6.07) is 0. The summed E-state index contributed by atoms with van der Waals surface area (Å²) in [5.74, 6) is 1.14. The van der Waals surface area contributed by atoms with Gasteiger partial charge in [-0.25, -0.2) is 4.98 Å². The molecular weight excluding hydrogens is 282 g/mol. The molecule has 3 N–H and O–H groups in total. The number of halogens is 1. The summed E-state index contributed by atoms with van der Waals surface area (Å²) in [4.78, 5) is 12.6. The van der Waals surface area contributed by atoms with Crippen molar-refractivity contribution in [1.82, 2.24) is 19.5 Å². The average molecular weight is 298 g/mol. The van der Waals surface area contributed by atoms with E-state index in [4.69, 9.17) is 11.6 Å². The van der Waals surface area contributed by atoms with Gasteiger partial charge < -0.3 is 20.1 Å². The second-order valence-corrected chi connectivity index (χ2v) is 5.36. The molecule has 0 amide bonds. The molecule has 1 saturated carbocycles. The van der Waals surface area contributed by atoms with Crippen LogP contribution in [-0.4, -0.2) is 50.0 Å². The van der Waals surface area contributed by atoms with Crippen LogP contribution in [-0.2, 0) is 6.54 Å². The first-order valence-corrected chi connectivity index (χ1v) is 6.85. The van der Waals surface area contributed by atoms with Gasteiger partial charge in [0.1, 0.15) is 0 Å². The lowest BCUT2D eigenvalue weighted by Gasteiger charge is -2.05. The standard InChI is InChI=1S/C12H16ClN5O2/c1-14-10-9-11(17-12(13)16-10)18(5-15-9)2-6-7(3-19)8(6)4-20/h5-8,19-20H,2-4H2,1H3,(H,14,16,17)/t6?,7-,8+. The van der Waals surface area contributed by atoms with Gasteiger partial charge in [-0.2, -0.15) is 9.97 Å². The van der Waals surface area contributed by atoms with Gasteiger partial charge in [0.2, 0.25) is 5.28 Å². The molecule has 0 aromatic carbocycles. The van der Waals surface area contributed by atoms with Crippen molar-refractivity contribution in [1.29, 1.82) is 0 Å². The fraction of sp³-hybridized carbons (Fsp3) is 0.583. The van der Waals surface area contributed by atoms with Gasteiger partial charge in [-0.05, 0) is 29.4 Å². The normalized spacial score (nSPS) is 25.1. The van der Waals surface area contributed by atoms with Gasteiger partial charge in [-0.3, -0.25) is 0 Å². The molecule has 2 aromatic heterocycles. The second-order valence-electron chi connectivity index (χ2n) is 5.02. The zero-order chi connectivity index (χ0) is 14.3. The maximum absolute atomic E-state index is 9.25. The summed E-state index contributed by atoms with van der Waals surface area (Å²) in [5.41, 5.74) is 1.33. The van der Waals surface area contributed by atoms with Gasteiger partial charge in [-0.1, -0.05) is 0 Å². The quantitative estimate of drug-likeness (QED) is 0.690. The van der Waals surface area contributed by atoms with Crippen LogP contribution in [0.15, 0.2) is 6.33 Å². The first-order chi connectivity index (χ1) is 9.69. The molecule has 0 saturated heterocycles. The molecule has 20 heavy (non-hydrogen) atoms. The third-order valence-corrected chi connectivity index (χ3v) is 4.18. The predicted octanol–water partition coefficient (Wildman–Crippen LogP) is 0.368. The molecule has 1 aliphatic rings. The Kier molecular flexibility index (Phi) is 3.49. The molecule has 3 atom stereocenters. The maximum Gasteiger partial charge on any atom is 0.226 e. The summed E-state index contributed by atoms with van der Waals surface area (Å²) in [6.45, 7) is 0.851. The van der Waals surface area contributed by atoms with Crippen LogP contribution in [0.1, 0.15) is 0 Å². The van der Waals surface area contributed by atoms with E-state index in [2.05, 4.69) is 20.3 Å². The van der Waals surface area contributed by atoms with Gasteiger partial charge in [0.05, 0.1) is 6.33 Å². The second kappa shape index (κ2) is 5.16. The molecule has 3 rings (SSSR count). The molecule has 0 spiro atoms. The first kappa shape index (κ1) is 13.5. The highest BCUT2D eigenvalue weighted by Crippen LogP contribution is 2.46. The van der Waals surface area contributed by atoms with E-state index in [0.29, 0.717) is 23.5 Å². The van der Waals surface area contributed by atoms with Gasteiger partial charge in [0.25, 0.3) is 0 Å². The molecule has 1 fully saturated rings. The van der Waals surface area contributed by atoms with Crippen LogP contribution < -0.4 is 5.32 Å². The highest BCUT2D eigenvalue weighted by atomic mass is 35.5. The SMILES string of the molecule is CNc1nc(Cl)nc2c1ncn2CC1[C@@H](CO)[C@H]1CO. The molecule has 7 nitrogen and oxygen atoms in total. The summed E-state index contributed by atoms with van der Waals surface area (Å²) >= 11 is 5.91. The Hall–Kier alpha value is -1.44. The monoisotopic (exact) mass is 297 g/mol. The number of fused-ring (bicyclic) bond motifs is 1. The zero-order valence-corrected chi connectivity index (χ0v) is 11.7. The van der Waals surface area contributed by atoms with Crippen LogP contribution in [0.3, 0.4) is 0 Å². The topological polar surface area (TPSA) is 96.1 Å². The third kappa shape index (κ3) is 2.11. The lowest BCUT2D eigenvalue weighted by Crippen LogP contribution is -2.04. The Balaban J connectivity index is 1.91. The number of aliphatic hydroxyl groups is 2. The van der Waals surface area contributed by atoms with Crippen molar-refractivity contribution in [2.75, 3.05) is 25.6 Å². The first-order valence-electron chi connectivity index (χ1n) is 6.47. The van der Waals surface area contributed by atoms with Crippen LogP contribution >= 0.6 is 11.6 Å². The van der Waals surface area contributed by atoms with E-state index in [1.165, 1.54) is 0 Å². The summed E-state index contributed by atoms with van der Waals surface area (Å²) in [5, 5.41) is 21.6. The third-order valence-electron chi connectivity index (χ3n) is 4.01. The molecule has 1 unspecified atom stereocenters.